The predicted octanol–water partition coefficient (Wildman–Crippen LogP) is 0.294. The SMILES string of the molecule is CC1OC(=O)[C@H](C)O1. The lowest BCUT2D eigenvalue weighted by Gasteiger charge is -1.96. The molecule has 0 saturated carbocycles. The van der Waals surface area contributed by atoms with Crippen LogP contribution in [0.25, 0.3) is 0 Å². The van der Waals surface area contributed by atoms with Crippen molar-refractivity contribution in [2.24, 2.45) is 0 Å². The minimum atomic E-state index is -0.370. The molecule has 1 rings (SSSR count). The molecule has 8 heavy (non-hydrogen) atoms. The molecule has 3 heteroatoms. The molecule has 0 aromatic carbocycles. The van der Waals surface area contributed by atoms with Gasteiger partial charge in [-0.2, -0.15) is 0 Å². The van der Waals surface area contributed by atoms with Gasteiger partial charge in [-0.3, -0.25) is 0 Å². The van der Waals surface area contributed by atoms with Gasteiger partial charge >= 0.3 is 5.97 Å². The van der Waals surface area contributed by atoms with E-state index in [1.807, 2.05) is 0 Å². The molecule has 0 amide bonds. The average Bonchev–Trinajstić information content (AvgIpc) is 1.85. The average molecular weight is 116 g/mol. The van der Waals surface area contributed by atoms with Gasteiger partial charge in [0.05, 0.1) is 0 Å². The van der Waals surface area contributed by atoms with Gasteiger partial charge in [-0.05, 0) is 13.8 Å². The second-order valence-corrected chi connectivity index (χ2v) is 1.78. The Morgan fingerprint density at radius 1 is 1.50 bits per heavy atom. The van der Waals surface area contributed by atoms with Crippen LogP contribution in [0.4, 0.5) is 0 Å². The van der Waals surface area contributed by atoms with Gasteiger partial charge in [-0.15, -0.1) is 0 Å². The van der Waals surface area contributed by atoms with Crippen molar-refractivity contribution < 1.29 is 14.3 Å². The summed E-state index contributed by atoms with van der Waals surface area (Å²) in [5.41, 5.74) is 0. The molecule has 1 saturated heterocycles. The fourth-order valence-electron chi connectivity index (χ4n) is 0.630. The number of ether oxygens (including phenoxy) is 2. The highest BCUT2D eigenvalue weighted by Crippen LogP contribution is 2.10. The van der Waals surface area contributed by atoms with Gasteiger partial charge in [0.1, 0.15) is 0 Å². The Kier molecular flexibility index (Phi) is 1.21. The third-order valence-corrected chi connectivity index (χ3v) is 1.01. The van der Waals surface area contributed by atoms with Crippen molar-refractivity contribution in [2.75, 3.05) is 0 Å². The molecule has 0 aromatic rings. The number of carbonyl (C=O) groups is 1. The van der Waals surface area contributed by atoms with E-state index in [9.17, 15) is 4.79 Å². The number of rotatable bonds is 0. The quantitative estimate of drug-likeness (QED) is 0.427. The van der Waals surface area contributed by atoms with E-state index in [4.69, 9.17) is 4.74 Å². The monoisotopic (exact) mass is 116 g/mol. The summed E-state index contributed by atoms with van der Waals surface area (Å²) in [6.45, 7) is 3.37. The lowest BCUT2D eigenvalue weighted by molar-refractivity contribution is -0.142. The van der Waals surface area contributed by atoms with Crippen molar-refractivity contribution in [3.63, 3.8) is 0 Å². The summed E-state index contributed by atoms with van der Waals surface area (Å²) in [5.74, 6) is -0.266. The van der Waals surface area contributed by atoms with Crippen LogP contribution in [0.15, 0.2) is 0 Å². The lowest BCUT2D eigenvalue weighted by atomic mass is 10.4. The van der Waals surface area contributed by atoms with E-state index in [1.54, 1.807) is 13.8 Å². The van der Waals surface area contributed by atoms with Crippen LogP contribution in [0.3, 0.4) is 0 Å². The molecule has 1 heterocycles. The molecule has 46 valence electrons. The summed E-state index contributed by atoms with van der Waals surface area (Å²) in [5, 5.41) is 0. The van der Waals surface area contributed by atoms with E-state index in [0.717, 1.165) is 0 Å². The number of hydrogen-bond acceptors (Lipinski definition) is 3. The standard InChI is InChI=1S/C5H8O3/c1-3-5(6)8-4(2)7-3/h3-4H,1-2H3/t3-,4?/m0/s1. The molecule has 0 radical (unpaired) electrons. The van der Waals surface area contributed by atoms with E-state index in [1.165, 1.54) is 0 Å². The van der Waals surface area contributed by atoms with Crippen LogP contribution in [-0.2, 0) is 14.3 Å². The molecule has 0 bridgehead atoms. The topological polar surface area (TPSA) is 35.5 Å². The van der Waals surface area contributed by atoms with Gasteiger partial charge < -0.3 is 9.47 Å². The van der Waals surface area contributed by atoms with Crippen LogP contribution in [-0.4, -0.2) is 18.4 Å². The molecule has 1 fully saturated rings. The molecular formula is C5H8O3. The van der Waals surface area contributed by atoms with Crippen molar-refractivity contribution in [1.29, 1.82) is 0 Å². The molecule has 0 aliphatic carbocycles. The fraction of sp³-hybridized carbons (Fsp3) is 0.800. The Hall–Kier alpha value is -0.570. The number of hydrogen-bond donors (Lipinski definition) is 0. The molecule has 0 aromatic heterocycles. The number of cyclic esters (lactones) is 1. The fourth-order valence-corrected chi connectivity index (χ4v) is 0.630. The Labute approximate surface area is 47.6 Å². The highest BCUT2D eigenvalue weighted by atomic mass is 16.7. The first-order valence-electron chi connectivity index (χ1n) is 2.56. The Bertz CT molecular complexity index is 110. The molecule has 1 aliphatic rings. The van der Waals surface area contributed by atoms with Crippen LogP contribution < -0.4 is 0 Å². The third-order valence-electron chi connectivity index (χ3n) is 1.01. The zero-order chi connectivity index (χ0) is 6.15. The first-order chi connectivity index (χ1) is 3.70. The van der Waals surface area contributed by atoms with Crippen molar-refractivity contribution in [1.82, 2.24) is 0 Å². The maximum Gasteiger partial charge on any atom is 0.337 e. The molecule has 0 N–H and O–H groups in total. The molecule has 3 nitrogen and oxygen atoms in total. The minimum Gasteiger partial charge on any atom is -0.434 e. The van der Waals surface area contributed by atoms with Gasteiger partial charge in [0.25, 0.3) is 0 Å². The lowest BCUT2D eigenvalue weighted by Crippen LogP contribution is -2.09. The summed E-state index contributed by atoms with van der Waals surface area (Å²) in [6.07, 6.45) is -0.720. The second-order valence-electron chi connectivity index (χ2n) is 1.78. The second kappa shape index (κ2) is 1.74. The smallest absolute Gasteiger partial charge is 0.337 e. The van der Waals surface area contributed by atoms with Crippen LogP contribution in [0.1, 0.15) is 13.8 Å². The van der Waals surface area contributed by atoms with Gasteiger partial charge in [-0.1, -0.05) is 0 Å². The summed E-state index contributed by atoms with van der Waals surface area (Å²) in [4.78, 5) is 10.4. The minimum absolute atomic E-state index is 0.266. The summed E-state index contributed by atoms with van der Waals surface area (Å²) < 4.78 is 9.51. The van der Waals surface area contributed by atoms with Gasteiger partial charge in [0.2, 0.25) is 6.29 Å². The molecule has 1 unspecified atom stereocenters. The Morgan fingerprint density at radius 2 is 2.12 bits per heavy atom. The van der Waals surface area contributed by atoms with E-state index < -0.39 is 0 Å². The zero-order valence-electron chi connectivity index (χ0n) is 4.88. The first kappa shape index (κ1) is 5.56. The maximum atomic E-state index is 10.4. The Morgan fingerprint density at radius 3 is 2.25 bits per heavy atom. The first-order valence-corrected chi connectivity index (χ1v) is 2.56. The van der Waals surface area contributed by atoms with Crippen LogP contribution in [0, 0.1) is 0 Å². The highest BCUT2D eigenvalue weighted by Gasteiger charge is 2.27. The maximum absolute atomic E-state index is 10.4. The molecule has 1 aliphatic heterocycles. The highest BCUT2D eigenvalue weighted by molar-refractivity contribution is 5.75. The van der Waals surface area contributed by atoms with E-state index in [-0.39, 0.29) is 18.4 Å². The van der Waals surface area contributed by atoms with E-state index >= 15 is 0 Å². The van der Waals surface area contributed by atoms with Crippen molar-refractivity contribution in [2.45, 2.75) is 26.2 Å². The van der Waals surface area contributed by atoms with Crippen LogP contribution in [0.5, 0.6) is 0 Å². The van der Waals surface area contributed by atoms with Crippen molar-refractivity contribution >= 4 is 5.97 Å². The van der Waals surface area contributed by atoms with Crippen LogP contribution >= 0.6 is 0 Å². The molecule has 0 spiro atoms. The summed E-state index contributed by atoms with van der Waals surface area (Å²) >= 11 is 0. The van der Waals surface area contributed by atoms with Crippen molar-refractivity contribution in [3.8, 4) is 0 Å². The van der Waals surface area contributed by atoms with Gasteiger partial charge in [0.15, 0.2) is 6.10 Å². The predicted molar refractivity (Wildman–Crippen MR) is 26.1 cm³/mol. The number of carbonyl (C=O) groups excluding carboxylic acids is 1. The molecule has 2 atom stereocenters. The third kappa shape index (κ3) is 0.816. The largest absolute Gasteiger partial charge is 0.434 e. The Balaban J connectivity index is 2.51. The molecular weight excluding hydrogens is 108 g/mol. The van der Waals surface area contributed by atoms with Crippen LogP contribution in [0.2, 0.25) is 0 Å². The summed E-state index contributed by atoms with van der Waals surface area (Å²) in [7, 11) is 0. The normalized spacial score (nSPS) is 37.5. The number of esters is 1. The van der Waals surface area contributed by atoms with Gasteiger partial charge in [0, 0.05) is 0 Å². The van der Waals surface area contributed by atoms with Gasteiger partial charge in [-0.25, -0.2) is 4.79 Å². The van der Waals surface area contributed by atoms with Crippen molar-refractivity contribution in [3.05, 3.63) is 0 Å². The van der Waals surface area contributed by atoms with E-state index in [0.29, 0.717) is 0 Å². The van der Waals surface area contributed by atoms with E-state index in [2.05, 4.69) is 4.74 Å². The zero-order valence-corrected chi connectivity index (χ0v) is 4.88. The summed E-state index contributed by atoms with van der Waals surface area (Å²) in [6, 6.07) is 0.